The van der Waals surface area contributed by atoms with Crippen LogP contribution in [0.2, 0.25) is 0 Å². The Morgan fingerprint density at radius 2 is 2.31 bits per heavy atom. The first-order valence-electron chi connectivity index (χ1n) is 4.59. The second kappa shape index (κ2) is 4.79. The molecule has 1 saturated heterocycles. The second-order valence-electron chi connectivity index (χ2n) is 3.36. The van der Waals surface area contributed by atoms with Crippen LogP contribution in [0.1, 0.15) is 32.1 Å². The Morgan fingerprint density at radius 3 is 3.00 bits per heavy atom. The molecule has 0 bridgehead atoms. The molecule has 1 amide bonds. The molecule has 74 valence electrons. The highest BCUT2D eigenvalue weighted by Crippen LogP contribution is 2.11. The number of nitrogens with zero attached hydrogens (tertiary/aromatic N) is 1. The molecule has 5 heteroatoms. The van der Waals surface area contributed by atoms with Gasteiger partial charge in [0.15, 0.2) is 0 Å². The van der Waals surface area contributed by atoms with Crippen LogP contribution in [0.3, 0.4) is 0 Å². The van der Waals surface area contributed by atoms with Crippen molar-refractivity contribution in [1.29, 1.82) is 0 Å². The first kappa shape index (κ1) is 9.95. The van der Waals surface area contributed by atoms with Gasteiger partial charge in [-0.3, -0.25) is 14.9 Å². The molecule has 1 atom stereocenters. The normalized spacial score (nSPS) is 23.4. The molecule has 1 rings (SSSR count). The zero-order valence-corrected chi connectivity index (χ0v) is 7.49. The van der Waals surface area contributed by atoms with Crippen LogP contribution in [-0.2, 0) is 4.79 Å². The van der Waals surface area contributed by atoms with E-state index < -0.39 is 0 Å². The lowest BCUT2D eigenvalue weighted by Gasteiger charge is -2.12. The highest BCUT2D eigenvalue weighted by Gasteiger charge is 2.17. The molecule has 0 saturated carbocycles. The van der Waals surface area contributed by atoms with Crippen LogP contribution in [0, 0.1) is 10.1 Å². The van der Waals surface area contributed by atoms with Crippen molar-refractivity contribution in [2.24, 2.45) is 0 Å². The van der Waals surface area contributed by atoms with E-state index in [4.69, 9.17) is 0 Å². The van der Waals surface area contributed by atoms with Crippen LogP contribution in [0.25, 0.3) is 0 Å². The van der Waals surface area contributed by atoms with Gasteiger partial charge in [0.25, 0.3) is 0 Å². The van der Waals surface area contributed by atoms with Gasteiger partial charge in [0.2, 0.25) is 12.5 Å². The number of amides is 1. The highest BCUT2D eigenvalue weighted by molar-refractivity contribution is 5.76. The minimum Gasteiger partial charge on any atom is -0.353 e. The fourth-order valence-corrected chi connectivity index (χ4v) is 1.53. The largest absolute Gasteiger partial charge is 0.353 e. The van der Waals surface area contributed by atoms with E-state index >= 15 is 0 Å². The van der Waals surface area contributed by atoms with Gasteiger partial charge in [-0.25, -0.2) is 0 Å². The number of hydrogen-bond donors (Lipinski definition) is 1. The molecule has 0 spiro atoms. The molecule has 0 aliphatic carbocycles. The summed E-state index contributed by atoms with van der Waals surface area (Å²) in [4.78, 5) is 20.8. The maximum absolute atomic E-state index is 11.1. The molecule has 1 heterocycles. The maximum Gasteiger partial charge on any atom is 0.220 e. The maximum atomic E-state index is 11.1. The van der Waals surface area contributed by atoms with Crippen LogP contribution in [0.5, 0.6) is 0 Å². The molecular weight excluding hydrogens is 172 g/mol. The molecular formula is C8H14N2O3. The number of rotatable bonds is 3. The van der Waals surface area contributed by atoms with E-state index in [9.17, 15) is 14.9 Å². The highest BCUT2D eigenvalue weighted by atomic mass is 16.6. The van der Waals surface area contributed by atoms with Crippen molar-refractivity contribution in [2.45, 2.75) is 38.1 Å². The monoisotopic (exact) mass is 186 g/mol. The molecule has 0 radical (unpaired) electrons. The van der Waals surface area contributed by atoms with Crippen molar-refractivity contribution in [3.05, 3.63) is 10.1 Å². The molecule has 13 heavy (non-hydrogen) atoms. The fourth-order valence-electron chi connectivity index (χ4n) is 1.53. The van der Waals surface area contributed by atoms with Gasteiger partial charge in [-0.05, 0) is 12.8 Å². The Labute approximate surface area is 76.7 Å². The van der Waals surface area contributed by atoms with E-state index in [2.05, 4.69) is 5.32 Å². The van der Waals surface area contributed by atoms with Crippen molar-refractivity contribution < 1.29 is 9.72 Å². The third kappa shape index (κ3) is 3.87. The van der Waals surface area contributed by atoms with Gasteiger partial charge >= 0.3 is 0 Å². The van der Waals surface area contributed by atoms with Gasteiger partial charge in [-0.1, -0.05) is 6.42 Å². The number of carbonyl (C=O) groups excluding carboxylic acids is 1. The minimum atomic E-state index is -0.336. The molecule has 0 aromatic carbocycles. The SMILES string of the molecule is O=C1CCCCC(CC[N+](=O)[O-])N1. The smallest absolute Gasteiger partial charge is 0.220 e. The van der Waals surface area contributed by atoms with E-state index in [1.165, 1.54) is 0 Å². The van der Waals surface area contributed by atoms with Crippen LogP contribution in [0.15, 0.2) is 0 Å². The summed E-state index contributed by atoms with van der Waals surface area (Å²) in [5.74, 6) is 0.0332. The topological polar surface area (TPSA) is 72.2 Å². The van der Waals surface area contributed by atoms with Crippen molar-refractivity contribution >= 4 is 5.91 Å². The summed E-state index contributed by atoms with van der Waals surface area (Å²) in [6.07, 6.45) is 3.79. The van der Waals surface area contributed by atoms with E-state index in [-0.39, 0.29) is 23.4 Å². The van der Waals surface area contributed by atoms with E-state index in [1.807, 2.05) is 0 Å². The summed E-state index contributed by atoms with van der Waals surface area (Å²) >= 11 is 0. The first-order valence-corrected chi connectivity index (χ1v) is 4.59. The van der Waals surface area contributed by atoms with E-state index in [0.717, 1.165) is 19.3 Å². The van der Waals surface area contributed by atoms with Crippen LogP contribution in [-0.4, -0.2) is 23.4 Å². The van der Waals surface area contributed by atoms with E-state index in [1.54, 1.807) is 0 Å². The van der Waals surface area contributed by atoms with Gasteiger partial charge < -0.3 is 5.32 Å². The predicted molar refractivity (Wildman–Crippen MR) is 46.9 cm³/mol. The Bertz CT molecular complexity index is 206. The molecule has 5 nitrogen and oxygen atoms in total. The van der Waals surface area contributed by atoms with Crippen LogP contribution >= 0.6 is 0 Å². The minimum absolute atomic E-state index is 0.0143. The van der Waals surface area contributed by atoms with Crippen molar-refractivity contribution in [1.82, 2.24) is 5.32 Å². The average Bonchev–Trinajstić information content (AvgIpc) is 2.26. The zero-order valence-electron chi connectivity index (χ0n) is 7.49. The molecule has 1 fully saturated rings. The molecule has 1 N–H and O–H groups in total. The van der Waals surface area contributed by atoms with Crippen LogP contribution in [0.4, 0.5) is 0 Å². The first-order chi connectivity index (χ1) is 6.18. The predicted octanol–water partition coefficient (Wildman–Crippen LogP) is 0.712. The van der Waals surface area contributed by atoms with Crippen molar-refractivity contribution in [3.8, 4) is 0 Å². The number of carbonyl (C=O) groups is 1. The Morgan fingerprint density at radius 1 is 1.54 bits per heavy atom. The Kier molecular flexibility index (Phi) is 3.67. The second-order valence-corrected chi connectivity index (χ2v) is 3.36. The summed E-state index contributed by atoms with van der Waals surface area (Å²) in [5, 5.41) is 12.9. The van der Waals surface area contributed by atoms with Gasteiger partial charge in [0.1, 0.15) is 0 Å². The van der Waals surface area contributed by atoms with Crippen molar-refractivity contribution in [3.63, 3.8) is 0 Å². The van der Waals surface area contributed by atoms with E-state index in [0.29, 0.717) is 12.8 Å². The Hall–Kier alpha value is -1.13. The molecule has 1 aliphatic heterocycles. The standard InChI is InChI=1S/C8H14N2O3/c11-8-4-2-1-3-7(9-8)5-6-10(12)13/h7H,1-6H2,(H,9,11). The summed E-state index contributed by atoms with van der Waals surface area (Å²) in [7, 11) is 0. The Balaban J connectivity index is 2.30. The molecule has 1 aliphatic rings. The fraction of sp³-hybridized carbons (Fsp3) is 0.875. The lowest BCUT2D eigenvalue weighted by atomic mass is 10.1. The van der Waals surface area contributed by atoms with Gasteiger partial charge in [0, 0.05) is 23.8 Å². The number of hydrogen-bond acceptors (Lipinski definition) is 3. The van der Waals surface area contributed by atoms with Gasteiger partial charge in [0.05, 0.1) is 0 Å². The molecule has 0 aromatic rings. The zero-order chi connectivity index (χ0) is 9.68. The van der Waals surface area contributed by atoms with Gasteiger partial charge in [-0.15, -0.1) is 0 Å². The summed E-state index contributed by atoms with van der Waals surface area (Å²) in [5.41, 5.74) is 0. The number of nitrogens with one attached hydrogen (secondary N) is 1. The third-order valence-corrected chi connectivity index (χ3v) is 2.23. The number of nitro groups is 1. The molecule has 0 aromatic heterocycles. The summed E-state index contributed by atoms with van der Waals surface area (Å²) in [6, 6.07) is 0.0143. The van der Waals surface area contributed by atoms with Crippen LogP contribution < -0.4 is 5.32 Å². The summed E-state index contributed by atoms with van der Waals surface area (Å²) in [6.45, 7) is -0.0506. The third-order valence-electron chi connectivity index (χ3n) is 2.23. The quantitative estimate of drug-likeness (QED) is 0.521. The molecule has 1 unspecified atom stereocenters. The summed E-state index contributed by atoms with van der Waals surface area (Å²) < 4.78 is 0. The lowest BCUT2D eigenvalue weighted by molar-refractivity contribution is -0.480. The van der Waals surface area contributed by atoms with Gasteiger partial charge in [-0.2, -0.15) is 0 Å². The average molecular weight is 186 g/mol. The lowest BCUT2D eigenvalue weighted by Crippen LogP contribution is -2.34. The van der Waals surface area contributed by atoms with Crippen molar-refractivity contribution in [2.75, 3.05) is 6.54 Å².